The minimum absolute atomic E-state index is 0.312. The summed E-state index contributed by atoms with van der Waals surface area (Å²) in [5.74, 6) is -3.47. The maximum atomic E-state index is 13.3. The van der Waals surface area contributed by atoms with E-state index >= 15 is 0 Å². The number of amides is 1. The first-order valence-corrected chi connectivity index (χ1v) is 5.34. The van der Waals surface area contributed by atoms with Gasteiger partial charge in [0.15, 0.2) is 5.69 Å². The molecule has 1 heterocycles. The monoisotopic (exact) mass is 282 g/mol. The van der Waals surface area contributed by atoms with Gasteiger partial charge in [0.2, 0.25) is 5.91 Å². The molecule has 0 atom stereocenters. The number of hydrogen-bond donors (Lipinski definition) is 2. The number of aromatic carboxylic acids is 1. The Morgan fingerprint density at radius 1 is 1.35 bits per heavy atom. The summed E-state index contributed by atoms with van der Waals surface area (Å²) in [4.78, 5) is 22.2. The standard InChI is InChI=1S/C11H8F2N4O3/c12-6-1-2-7(13)8(3-6)14-10(18)5-17-4-9(11(19)20)15-16-17/h1-4H,5H2,(H,14,18)(H,19,20). The predicted octanol–water partition coefficient (Wildman–Crippen LogP) is 0.893. The number of nitrogens with one attached hydrogen (secondary N) is 1. The fourth-order valence-corrected chi connectivity index (χ4v) is 1.40. The molecule has 0 aliphatic heterocycles. The molecular formula is C11H8F2N4O3. The third-order valence-electron chi connectivity index (χ3n) is 2.27. The van der Waals surface area contributed by atoms with E-state index < -0.39 is 23.5 Å². The van der Waals surface area contributed by atoms with Crippen molar-refractivity contribution in [2.45, 2.75) is 6.54 Å². The van der Waals surface area contributed by atoms with E-state index in [0.29, 0.717) is 0 Å². The Hall–Kier alpha value is -2.84. The number of halogens is 2. The van der Waals surface area contributed by atoms with Crippen molar-refractivity contribution in [1.82, 2.24) is 15.0 Å². The SMILES string of the molecule is O=C(Cn1cc(C(=O)O)nn1)Nc1cc(F)ccc1F. The fourth-order valence-electron chi connectivity index (χ4n) is 1.40. The second-order valence-electron chi connectivity index (χ2n) is 3.78. The van der Waals surface area contributed by atoms with E-state index in [4.69, 9.17) is 5.11 Å². The molecule has 1 amide bonds. The minimum atomic E-state index is -1.28. The number of carbonyl (C=O) groups excluding carboxylic acids is 1. The van der Waals surface area contributed by atoms with Crippen molar-refractivity contribution in [3.05, 3.63) is 41.7 Å². The van der Waals surface area contributed by atoms with Crippen molar-refractivity contribution in [3.63, 3.8) is 0 Å². The van der Waals surface area contributed by atoms with Gasteiger partial charge in [-0.05, 0) is 12.1 Å². The van der Waals surface area contributed by atoms with Crippen LogP contribution in [0, 0.1) is 11.6 Å². The van der Waals surface area contributed by atoms with Gasteiger partial charge < -0.3 is 10.4 Å². The van der Waals surface area contributed by atoms with Crippen LogP contribution in [0.1, 0.15) is 10.5 Å². The lowest BCUT2D eigenvalue weighted by Gasteiger charge is -2.06. The number of carboxylic acid groups (broad SMARTS) is 1. The van der Waals surface area contributed by atoms with Gasteiger partial charge in [0, 0.05) is 6.07 Å². The highest BCUT2D eigenvalue weighted by molar-refractivity contribution is 5.90. The minimum Gasteiger partial charge on any atom is -0.476 e. The molecule has 0 bridgehead atoms. The number of carbonyl (C=O) groups is 2. The van der Waals surface area contributed by atoms with Gasteiger partial charge in [0.25, 0.3) is 0 Å². The molecule has 2 aromatic rings. The van der Waals surface area contributed by atoms with Gasteiger partial charge in [-0.1, -0.05) is 5.21 Å². The predicted molar refractivity (Wildman–Crippen MR) is 62.0 cm³/mol. The molecule has 0 saturated carbocycles. The Bertz CT molecular complexity index is 671. The number of anilines is 1. The molecule has 0 saturated heterocycles. The van der Waals surface area contributed by atoms with Crippen LogP contribution in [0.5, 0.6) is 0 Å². The van der Waals surface area contributed by atoms with Crippen LogP contribution in [0.25, 0.3) is 0 Å². The molecule has 0 aliphatic carbocycles. The Morgan fingerprint density at radius 2 is 2.10 bits per heavy atom. The van der Waals surface area contributed by atoms with Crippen LogP contribution in [0.2, 0.25) is 0 Å². The van der Waals surface area contributed by atoms with E-state index in [1.165, 1.54) is 0 Å². The van der Waals surface area contributed by atoms with E-state index in [2.05, 4.69) is 15.6 Å². The van der Waals surface area contributed by atoms with Crippen LogP contribution >= 0.6 is 0 Å². The zero-order valence-corrected chi connectivity index (χ0v) is 9.88. The molecule has 9 heteroatoms. The topological polar surface area (TPSA) is 97.1 Å². The molecule has 2 N–H and O–H groups in total. The summed E-state index contributed by atoms with van der Waals surface area (Å²) in [6.45, 7) is -0.379. The van der Waals surface area contributed by atoms with Gasteiger partial charge in [-0.15, -0.1) is 5.10 Å². The van der Waals surface area contributed by atoms with Gasteiger partial charge in [0.05, 0.1) is 11.9 Å². The summed E-state index contributed by atoms with van der Waals surface area (Å²) in [7, 11) is 0. The van der Waals surface area contributed by atoms with E-state index in [-0.39, 0.29) is 17.9 Å². The van der Waals surface area contributed by atoms with Crippen molar-refractivity contribution in [3.8, 4) is 0 Å². The first-order valence-electron chi connectivity index (χ1n) is 5.34. The van der Waals surface area contributed by atoms with E-state index in [1.807, 2.05) is 0 Å². The maximum absolute atomic E-state index is 13.3. The summed E-state index contributed by atoms with van der Waals surface area (Å²) in [6, 6.07) is 2.63. The quantitative estimate of drug-likeness (QED) is 0.868. The summed E-state index contributed by atoms with van der Waals surface area (Å²) < 4.78 is 27.2. The Morgan fingerprint density at radius 3 is 2.75 bits per heavy atom. The number of hydrogen-bond acceptors (Lipinski definition) is 4. The summed E-state index contributed by atoms with van der Waals surface area (Å²) in [5.41, 5.74) is -0.636. The summed E-state index contributed by atoms with van der Waals surface area (Å²) in [5, 5.41) is 17.5. The van der Waals surface area contributed by atoms with E-state index in [1.54, 1.807) is 0 Å². The van der Waals surface area contributed by atoms with Crippen molar-refractivity contribution in [2.75, 3.05) is 5.32 Å². The fraction of sp³-hybridized carbons (Fsp3) is 0.0909. The zero-order chi connectivity index (χ0) is 14.7. The molecule has 0 radical (unpaired) electrons. The number of aromatic nitrogens is 3. The van der Waals surface area contributed by atoms with Gasteiger partial charge >= 0.3 is 5.97 Å². The molecule has 0 aliphatic rings. The molecule has 0 spiro atoms. The van der Waals surface area contributed by atoms with Crippen LogP contribution in [-0.4, -0.2) is 32.0 Å². The molecular weight excluding hydrogens is 274 g/mol. The summed E-state index contributed by atoms with van der Waals surface area (Å²) >= 11 is 0. The van der Waals surface area contributed by atoms with Crippen LogP contribution in [0.15, 0.2) is 24.4 Å². The lowest BCUT2D eigenvalue weighted by Crippen LogP contribution is -2.20. The van der Waals surface area contributed by atoms with E-state index in [0.717, 1.165) is 29.1 Å². The van der Waals surface area contributed by atoms with Crippen LogP contribution in [0.3, 0.4) is 0 Å². The molecule has 0 fully saturated rings. The molecule has 2 rings (SSSR count). The third-order valence-corrected chi connectivity index (χ3v) is 2.27. The first kappa shape index (κ1) is 13.6. The Balaban J connectivity index is 2.05. The molecule has 0 unspecified atom stereocenters. The zero-order valence-electron chi connectivity index (χ0n) is 9.88. The molecule has 1 aromatic carbocycles. The number of nitrogens with zero attached hydrogens (tertiary/aromatic N) is 3. The summed E-state index contributed by atoms with van der Waals surface area (Å²) in [6.07, 6.45) is 1.05. The first-order chi connectivity index (χ1) is 9.45. The van der Waals surface area contributed by atoms with Crippen LogP contribution < -0.4 is 5.32 Å². The Kier molecular flexibility index (Phi) is 3.69. The van der Waals surface area contributed by atoms with Crippen molar-refractivity contribution in [2.24, 2.45) is 0 Å². The normalized spacial score (nSPS) is 10.3. The molecule has 104 valence electrons. The average molecular weight is 282 g/mol. The smallest absolute Gasteiger partial charge is 0.358 e. The highest BCUT2D eigenvalue weighted by Crippen LogP contribution is 2.15. The number of benzene rings is 1. The second-order valence-corrected chi connectivity index (χ2v) is 3.78. The largest absolute Gasteiger partial charge is 0.476 e. The van der Waals surface area contributed by atoms with E-state index in [9.17, 15) is 18.4 Å². The van der Waals surface area contributed by atoms with Crippen molar-refractivity contribution in [1.29, 1.82) is 0 Å². The van der Waals surface area contributed by atoms with Crippen molar-refractivity contribution < 1.29 is 23.5 Å². The number of carboxylic acids is 1. The lowest BCUT2D eigenvalue weighted by molar-refractivity contribution is -0.117. The lowest BCUT2D eigenvalue weighted by atomic mass is 10.3. The maximum Gasteiger partial charge on any atom is 0.358 e. The average Bonchev–Trinajstić information content (AvgIpc) is 2.82. The molecule has 20 heavy (non-hydrogen) atoms. The molecule has 7 nitrogen and oxygen atoms in total. The van der Waals surface area contributed by atoms with Gasteiger partial charge in [0.1, 0.15) is 18.2 Å². The van der Waals surface area contributed by atoms with Crippen LogP contribution in [-0.2, 0) is 11.3 Å². The number of rotatable bonds is 4. The highest BCUT2D eigenvalue weighted by Gasteiger charge is 2.12. The molecule has 1 aromatic heterocycles. The van der Waals surface area contributed by atoms with Gasteiger partial charge in [-0.25, -0.2) is 18.3 Å². The van der Waals surface area contributed by atoms with Crippen LogP contribution in [0.4, 0.5) is 14.5 Å². The second kappa shape index (κ2) is 5.43. The third kappa shape index (κ3) is 3.13. The van der Waals surface area contributed by atoms with Crippen molar-refractivity contribution >= 4 is 17.6 Å². The Labute approximate surface area is 110 Å². The van der Waals surface area contributed by atoms with Gasteiger partial charge in [-0.2, -0.15) is 0 Å². The highest BCUT2D eigenvalue weighted by atomic mass is 19.1. The van der Waals surface area contributed by atoms with Gasteiger partial charge in [-0.3, -0.25) is 4.79 Å².